The van der Waals surface area contributed by atoms with Crippen LogP contribution < -0.4 is 19.6 Å². The molecule has 3 N–H and O–H groups in total. The lowest BCUT2D eigenvalue weighted by Crippen LogP contribution is -2.28. The van der Waals surface area contributed by atoms with Gasteiger partial charge in [0, 0.05) is 36.3 Å². The number of hydrogen-bond acceptors (Lipinski definition) is 7. The minimum atomic E-state index is -4.07. The normalized spacial score (nSPS) is 11.3. The Kier molecular flexibility index (Phi) is 6.47. The van der Waals surface area contributed by atoms with Crippen LogP contribution in [0.2, 0.25) is 0 Å². The summed E-state index contributed by atoms with van der Waals surface area (Å²) in [5, 5.41) is 5.37. The van der Waals surface area contributed by atoms with Gasteiger partial charge in [0.1, 0.15) is 16.4 Å². The van der Waals surface area contributed by atoms with Crippen molar-refractivity contribution in [3.8, 4) is 17.2 Å². The van der Waals surface area contributed by atoms with E-state index in [1.165, 1.54) is 24.3 Å². The van der Waals surface area contributed by atoms with Crippen LogP contribution in [0.5, 0.6) is 11.5 Å². The molecule has 5 aromatic rings. The number of ether oxygens (including phenoxy) is 1. The number of rotatable bonds is 8. The van der Waals surface area contributed by atoms with Crippen molar-refractivity contribution in [2.75, 3.05) is 12.4 Å². The molecule has 37 heavy (non-hydrogen) atoms. The smallest absolute Gasteiger partial charge is 0.339 e. The van der Waals surface area contributed by atoms with E-state index < -0.39 is 16.1 Å². The van der Waals surface area contributed by atoms with Gasteiger partial charge in [-0.1, -0.05) is 18.2 Å². The van der Waals surface area contributed by atoms with Crippen LogP contribution in [-0.2, 0) is 16.7 Å². The number of amides is 2. The van der Waals surface area contributed by atoms with Crippen LogP contribution in [0.1, 0.15) is 5.56 Å². The number of H-pyrrole nitrogens is 1. The third-order valence-electron chi connectivity index (χ3n) is 5.45. The van der Waals surface area contributed by atoms with Crippen molar-refractivity contribution in [2.45, 2.75) is 11.4 Å². The second kappa shape index (κ2) is 10.0. The van der Waals surface area contributed by atoms with E-state index in [1.807, 2.05) is 24.3 Å². The van der Waals surface area contributed by atoms with Gasteiger partial charge in [0.05, 0.1) is 24.5 Å². The topological polar surface area (TPSA) is 140 Å². The van der Waals surface area contributed by atoms with E-state index in [4.69, 9.17) is 8.92 Å². The van der Waals surface area contributed by atoms with Gasteiger partial charge in [-0.25, -0.2) is 14.8 Å². The molecule has 188 valence electrons. The third kappa shape index (κ3) is 5.38. The van der Waals surface area contributed by atoms with Gasteiger partial charge < -0.3 is 23.8 Å². The number of imidazole rings is 2. The zero-order valence-corrected chi connectivity index (χ0v) is 20.4. The van der Waals surface area contributed by atoms with Gasteiger partial charge in [-0.15, -0.1) is 0 Å². The summed E-state index contributed by atoms with van der Waals surface area (Å²) < 4.78 is 37.9. The lowest BCUT2D eigenvalue weighted by molar-refractivity contribution is 0.251. The first-order chi connectivity index (χ1) is 17.9. The Morgan fingerprint density at radius 1 is 1.08 bits per heavy atom. The molecule has 0 bridgehead atoms. The number of nitrogens with zero attached hydrogens (tertiary/aromatic N) is 3. The number of anilines is 1. The molecule has 0 atom stereocenters. The van der Waals surface area contributed by atoms with Gasteiger partial charge in [0.15, 0.2) is 0 Å². The van der Waals surface area contributed by atoms with Gasteiger partial charge >= 0.3 is 16.1 Å². The van der Waals surface area contributed by atoms with E-state index in [1.54, 1.807) is 48.6 Å². The van der Waals surface area contributed by atoms with E-state index in [9.17, 15) is 13.2 Å². The number of carbonyl (C=O) groups excluding carboxylic acids is 1. The second-order valence-electron chi connectivity index (χ2n) is 7.89. The summed E-state index contributed by atoms with van der Waals surface area (Å²) in [6, 6.07) is 17.7. The van der Waals surface area contributed by atoms with E-state index >= 15 is 0 Å². The van der Waals surface area contributed by atoms with Gasteiger partial charge in [-0.2, -0.15) is 8.42 Å². The SMILES string of the molecule is COc1ccccc1CNC(=O)Nc1nc2cc(OS(=O)(=O)c3ccc(-n4ccnc4)cc3)ccc2[nH]1. The first kappa shape index (κ1) is 23.9. The Labute approximate surface area is 212 Å². The van der Waals surface area contributed by atoms with E-state index in [-0.39, 0.29) is 23.1 Å². The number of aromatic nitrogens is 4. The number of methoxy groups -OCH3 is 1. The minimum Gasteiger partial charge on any atom is -0.496 e. The Morgan fingerprint density at radius 3 is 2.65 bits per heavy atom. The molecule has 0 radical (unpaired) electrons. The van der Waals surface area contributed by atoms with Crippen LogP contribution in [0, 0.1) is 0 Å². The summed E-state index contributed by atoms with van der Waals surface area (Å²) >= 11 is 0. The number of aromatic amines is 1. The molecule has 3 aromatic carbocycles. The Hall–Kier alpha value is -4.84. The van der Waals surface area contributed by atoms with Crippen LogP contribution in [0.4, 0.5) is 10.7 Å². The Morgan fingerprint density at radius 2 is 1.89 bits per heavy atom. The zero-order valence-electron chi connectivity index (χ0n) is 19.6. The summed E-state index contributed by atoms with van der Waals surface area (Å²) in [6.45, 7) is 0.259. The fourth-order valence-electron chi connectivity index (χ4n) is 3.64. The second-order valence-corrected chi connectivity index (χ2v) is 9.43. The van der Waals surface area contributed by atoms with Crippen LogP contribution in [0.15, 0.2) is 90.3 Å². The highest BCUT2D eigenvalue weighted by molar-refractivity contribution is 7.87. The van der Waals surface area contributed by atoms with Gasteiger partial charge in [-0.3, -0.25) is 5.32 Å². The first-order valence-electron chi connectivity index (χ1n) is 11.1. The van der Waals surface area contributed by atoms with E-state index in [0.717, 1.165) is 11.3 Å². The van der Waals surface area contributed by atoms with Crippen molar-refractivity contribution in [1.82, 2.24) is 24.8 Å². The van der Waals surface area contributed by atoms with Crippen LogP contribution in [-0.4, -0.2) is 41.1 Å². The largest absolute Gasteiger partial charge is 0.496 e. The molecule has 0 aliphatic heterocycles. The molecule has 0 saturated heterocycles. The Balaban J connectivity index is 1.25. The number of fused-ring (bicyclic) bond motifs is 1. The summed E-state index contributed by atoms with van der Waals surface area (Å²) in [4.78, 5) is 23.6. The van der Waals surface area contributed by atoms with Crippen LogP contribution >= 0.6 is 0 Å². The minimum absolute atomic E-state index is 0.00700. The Bertz CT molecular complexity index is 1650. The number of carbonyl (C=O) groups is 1. The maximum atomic E-state index is 12.8. The summed E-state index contributed by atoms with van der Waals surface area (Å²) in [5.74, 6) is 0.954. The van der Waals surface area contributed by atoms with Gasteiger partial charge in [-0.05, 0) is 42.5 Å². The summed E-state index contributed by atoms with van der Waals surface area (Å²) in [7, 11) is -2.51. The lowest BCUT2D eigenvalue weighted by Gasteiger charge is -2.09. The predicted octanol–water partition coefficient (Wildman–Crippen LogP) is 3.85. The molecule has 2 aromatic heterocycles. The van der Waals surface area contributed by atoms with Crippen molar-refractivity contribution >= 4 is 33.1 Å². The van der Waals surface area contributed by atoms with E-state index in [0.29, 0.717) is 16.8 Å². The van der Waals surface area contributed by atoms with Crippen molar-refractivity contribution < 1.29 is 22.1 Å². The number of benzene rings is 3. The number of urea groups is 1. The molecule has 0 aliphatic carbocycles. The molecular formula is C25H22N6O5S. The molecule has 2 heterocycles. The van der Waals surface area contributed by atoms with Crippen molar-refractivity contribution in [3.63, 3.8) is 0 Å². The van der Waals surface area contributed by atoms with Crippen LogP contribution in [0.25, 0.3) is 16.7 Å². The molecule has 12 heteroatoms. The first-order valence-corrected chi connectivity index (χ1v) is 12.5. The van der Waals surface area contributed by atoms with Crippen molar-refractivity contribution in [3.05, 3.63) is 91.0 Å². The fraction of sp³-hybridized carbons (Fsp3) is 0.0800. The number of hydrogen-bond donors (Lipinski definition) is 3. The van der Waals surface area contributed by atoms with Gasteiger partial charge in [0.25, 0.3) is 0 Å². The maximum absolute atomic E-state index is 12.8. The fourth-order valence-corrected chi connectivity index (χ4v) is 4.57. The molecule has 5 rings (SSSR count). The average Bonchev–Trinajstić information content (AvgIpc) is 3.57. The number of para-hydroxylation sites is 1. The highest BCUT2D eigenvalue weighted by Crippen LogP contribution is 2.24. The standard InChI is InChI=1S/C25H22N6O5S/c1-35-23-5-3-2-4-17(23)15-27-25(32)30-24-28-21-11-8-19(14-22(21)29-24)36-37(33,34)20-9-6-18(7-10-20)31-13-12-26-16-31/h2-14,16H,15H2,1H3,(H3,27,28,29,30,32). The quantitative estimate of drug-likeness (QED) is 0.265. The highest BCUT2D eigenvalue weighted by Gasteiger charge is 2.18. The molecule has 0 saturated carbocycles. The lowest BCUT2D eigenvalue weighted by atomic mass is 10.2. The summed E-state index contributed by atoms with van der Waals surface area (Å²) in [5.41, 5.74) is 2.60. The molecule has 0 unspecified atom stereocenters. The molecule has 11 nitrogen and oxygen atoms in total. The summed E-state index contributed by atoms with van der Waals surface area (Å²) in [6.07, 6.45) is 5.01. The molecule has 0 fully saturated rings. The maximum Gasteiger partial charge on any atom is 0.339 e. The van der Waals surface area contributed by atoms with Crippen LogP contribution in [0.3, 0.4) is 0 Å². The zero-order chi connectivity index (χ0) is 25.8. The monoisotopic (exact) mass is 518 g/mol. The molecule has 0 spiro atoms. The van der Waals surface area contributed by atoms with Crippen molar-refractivity contribution in [1.29, 1.82) is 0 Å². The van der Waals surface area contributed by atoms with E-state index in [2.05, 4.69) is 25.6 Å². The predicted molar refractivity (Wildman–Crippen MR) is 136 cm³/mol. The van der Waals surface area contributed by atoms with Gasteiger partial charge in [0.2, 0.25) is 5.95 Å². The third-order valence-corrected chi connectivity index (χ3v) is 6.71. The van der Waals surface area contributed by atoms with Crippen molar-refractivity contribution in [2.24, 2.45) is 0 Å². The molecule has 0 aliphatic rings. The molecular weight excluding hydrogens is 496 g/mol. The number of nitrogens with one attached hydrogen (secondary N) is 3. The highest BCUT2D eigenvalue weighted by atomic mass is 32.2. The average molecular weight is 519 g/mol. The molecule has 2 amide bonds.